The first-order chi connectivity index (χ1) is 25.4. The molecule has 3 heterocycles. The number of esters is 1. The van der Waals surface area contributed by atoms with Crippen molar-refractivity contribution in [1.82, 2.24) is 15.2 Å². The summed E-state index contributed by atoms with van der Waals surface area (Å²) in [6.45, 7) is 5.15. The Morgan fingerprint density at radius 1 is 1.06 bits per heavy atom. The molecule has 3 aromatic rings. The number of fused-ring (bicyclic) bond motifs is 1. The second-order valence-electron chi connectivity index (χ2n) is 13.5. The number of hydrogen-bond acceptors (Lipinski definition) is 12. The molecule has 0 radical (unpaired) electrons. The first kappa shape index (κ1) is 38.0. The number of benzene rings is 2. The summed E-state index contributed by atoms with van der Waals surface area (Å²) >= 11 is 8.73. The number of hydrogen-bond donors (Lipinski definition) is 2. The molecular formula is C37H38ClN5O8S2. The Morgan fingerprint density at radius 3 is 2.30 bits per heavy atom. The summed E-state index contributed by atoms with van der Waals surface area (Å²) in [5, 5.41) is 8.79. The maximum absolute atomic E-state index is 14.0. The van der Waals surface area contributed by atoms with Crippen LogP contribution in [0.2, 0.25) is 4.34 Å². The quantitative estimate of drug-likeness (QED) is 0.0693. The van der Waals surface area contributed by atoms with Crippen molar-refractivity contribution in [2.45, 2.75) is 82.1 Å². The third-order valence-corrected chi connectivity index (χ3v) is 11.0. The summed E-state index contributed by atoms with van der Waals surface area (Å²) in [5.41, 5.74) is 0.770. The van der Waals surface area contributed by atoms with Crippen molar-refractivity contribution in [2.24, 2.45) is 5.16 Å². The van der Waals surface area contributed by atoms with Gasteiger partial charge < -0.3 is 24.4 Å². The molecule has 2 atom stereocenters. The predicted octanol–water partition coefficient (Wildman–Crippen LogP) is 6.38. The normalized spacial score (nSPS) is 19.0. The number of nitrogens with one attached hydrogen (secondary N) is 2. The lowest BCUT2D eigenvalue weighted by atomic mass is 10.00. The van der Waals surface area contributed by atoms with Crippen molar-refractivity contribution in [1.29, 1.82) is 0 Å². The van der Waals surface area contributed by atoms with Gasteiger partial charge in [0.1, 0.15) is 45.1 Å². The van der Waals surface area contributed by atoms with Gasteiger partial charge in [0.25, 0.3) is 11.8 Å². The lowest BCUT2D eigenvalue weighted by Crippen LogP contribution is -2.71. The lowest BCUT2D eigenvalue weighted by Gasteiger charge is -2.49. The number of nitrogens with zero attached hydrogens (tertiary/aromatic N) is 3. The van der Waals surface area contributed by atoms with Crippen molar-refractivity contribution < 1.29 is 38.3 Å². The molecule has 1 aromatic heterocycles. The molecule has 16 heteroatoms. The number of thiazole rings is 1. The van der Waals surface area contributed by atoms with Gasteiger partial charge in [0, 0.05) is 12.2 Å². The van der Waals surface area contributed by atoms with E-state index in [2.05, 4.69) is 20.8 Å². The number of thioether (sulfide) groups is 1. The Balaban J connectivity index is 1.23. The van der Waals surface area contributed by atoms with E-state index >= 15 is 0 Å². The second-order valence-corrected chi connectivity index (χ2v) is 16.2. The molecule has 0 bridgehead atoms. The molecule has 2 aliphatic heterocycles. The van der Waals surface area contributed by atoms with Crippen LogP contribution in [0.3, 0.4) is 0 Å². The molecule has 2 aromatic carbocycles. The smallest absolute Gasteiger partial charge is 0.413 e. The first-order valence-electron chi connectivity index (χ1n) is 17.1. The molecule has 1 saturated heterocycles. The van der Waals surface area contributed by atoms with Crippen LogP contribution in [0.15, 0.2) is 77.1 Å². The Morgan fingerprint density at radius 2 is 1.70 bits per heavy atom. The van der Waals surface area contributed by atoms with Gasteiger partial charge in [-0.3, -0.25) is 19.8 Å². The van der Waals surface area contributed by atoms with Crippen LogP contribution in [0.1, 0.15) is 75.8 Å². The Hall–Kier alpha value is -4.73. The van der Waals surface area contributed by atoms with Gasteiger partial charge >= 0.3 is 12.1 Å². The summed E-state index contributed by atoms with van der Waals surface area (Å²) in [5.74, 6) is -1.89. The van der Waals surface area contributed by atoms with Gasteiger partial charge in [-0.1, -0.05) is 88.8 Å². The fraction of sp³-hybridized carbons (Fsp3) is 0.378. The van der Waals surface area contributed by atoms with E-state index in [9.17, 15) is 24.0 Å². The van der Waals surface area contributed by atoms with Gasteiger partial charge in [-0.25, -0.2) is 14.6 Å². The van der Waals surface area contributed by atoms with Gasteiger partial charge in [-0.15, -0.1) is 11.8 Å². The zero-order valence-corrected chi connectivity index (χ0v) is 31.6. The fourth-order valence-corrected chi connectivity index (χ4v) is 8.48. The number of amides is 3. The van der Waals surface area contributed by atoms with E-state index in [4.69, 9.17) is 25.9 Å². The second kappa shape index (κ2) is 16.5. The molecular weight excluding hydrogens is 742 g/mol. The molecule has 53 heavy (non-hydrogen) atoms. The van der Waals surface area contributed by atoms with E-state index < -0.39 is 47.0 Å². The molecule has 13 nitrogen and oxygen atoms in total. The molecule has 2 unspecified atom stereocenters. The highest BCUT2D eigenvalue weighted by Crippen LogP contribution is 2.42. The van der Waals surface area contributed by atoms with E-state index in [0.29, 0.717) is 11.9 Å². The van der Waals surface area contributed by atoms with Crippen LogP contribution in [-0.2, 0) is 33.5 Å². The molecule has 278 valence electrons. The highest BCUT2D eigenvalue weighted by atomic mass is 35.5. The molecule has 0 spiro atoms. The topological polar surface area (TPSA) is 166 Å². The minimum atomic E-state index is -1.07. The average Bonchev–Trinajstić information content (AvgIpc) is 3.78. The van der Waals surface area contributed by atoms with Gasteiger partial charge in [0.2, 0.25) is 0 Å². The number of carbonyl (C=O) groups is 5. The highest BCUT2D eigenvalue weighted by molar-refractivity contribution is 8.00. The first-order valence-corrected chi connectivity index (χ1v) is 19.3. The van der Waals surface area contributed by atoms with Crippen LogP contribution in [-0.4, -0.2) is 74.6 Å². The molecule has 1 saturated carbocycles. The van der Waals surface area contributed by atoms with Crippen LogP contribution in [0.4, 0.5) is 9.93 Å². The number of ether oxygens (including phenoxy) is 2. The van der Waals surface area contributed by atoms with E-state index in [1.165, 1.54) is 16.7 Å². The van der Waals surface area contributed by atoms with E-state index in [1.54, 1.807) is 20.8 Å². The maximum Gasteiger partial charge on any atom is 0.413 e. The maximum atomic E-state index is 14.0. The number of oxime groups is 1. The summed E-state index contributed by atoms with van der Waals surface area (Å²) in [7, 11) is 0. The predicted molar refractivity (Wildman–Crippen MR) is 200 cm³/mol. The Bertz CT molecular complexity index is 1890. The molecule has 2 N–H and O–H groups in total. The summed E-state index contributed by atoms with van der Waals surface area (Å²) in [6, 6.07) is 17.3. The van der Waals surface area contributed by atoms with Crippen molar-refractivity contribution in [3.05, 3.63) is 93.1 Å². The minimum absolute atomic E-state index is 0.0212. The minimum Gasteiger partial charge on any atom is -0.448 e. The third kappa shape index (κ3) is 8.91. The molecule has 3 aliphatic rings. The number of aldehydes is 1. The SMILES string of the molecule is CC(C)(C)OC(=O)Nc1nc(/C(=N\OC2CCCC2)C(=O)NC2C(=O)N3C(C(=O)OC(c4ccccc4)c4ccccc4)=C(CC=O)CSC23)c(Cl)s1. The lowest BCUT2D eigenvalue weighted by molar-refractivity contribution is -0.154. The number of aromatic nitrogens is 1. The standard InChI is InChI=1S/C37H38ClN5O8S2/c1-37(2,3)50-36(48)41-35-40-25(30(38)53-35)26(42-51-24-16-10-11-17-24)31(45)39-27-32(46)43-28(23(18-19-44)20-52-33(27)43)34(47)49-29(21-12-6-4-7-13-21)22-14-8-5-9-15-22/h4-9,12-15,19,24,27,29,33H,10-11,16-18,20H2,1-3H3,(H,39,45)(H,40,41,48)/b42-26+. The van der Waals surface area contributed by atoms with Gasteiger partial charge in [0.05, 0.1) is 0 Å². The number of carbonyl (C=O) groups excluding carboxylic acids is 5. The fourth-order valence-electron chi connectivity index (χ4n) is 6.09. The number of β-lactam (4-membered cyclic amide) rings is 1. The highest BCUT2D eigenvalue weighted by Gasteiger charge is 2.55. The van der Waals surface area contributed by atoms with Crippen LogP contribution in [0.5, 0.6) is 0 Å². The van der Waals surface area contributed by atoms with Crippen molar-refractivity contribution >= 4 is 75.7 Å². The summed E-state index contributed by atoms with van der Waals surface area (Å²) in [4.78, 5) is 77.3. The Labute approximate surface area is 319 Å². The van der Waals surface area contributed by atoms with Crippen LogP contribution < -0.4 is 10.6 Å². The van der Waals surface area contributed by atoms with Crippen molar-refractivity contribution in [3.8, 4) is 0 Å². The molecule has 2 fully saturated rings. The average molecular weight is 780 g/mol. The molecule has 6 rings (SSSR count). The number of rotatable bonds is 12. The van der Waals surface area contributed by atoms with Gasteiger partial charge in [-0.2, -0.15) is 0 Å². The summed E-state index contributed by atoms with van der Waals surface area (Å²) in [6.07, 6.45) is 2.26. The molecule has 3 amide bonds. The molecule has 1 aliphatic carbocycles. The Kier molecular flexibility index (Phi) is 11.8. The monoisotopic (exact) mass is 779 g/mol. The largest absolute Gasteiger partial charge is 0.448 e. The van der Waals surface area contributed by atoms with E-state index in [-0.39, 0.29) is 44.8 Å². The zero-order chi connectivity index (χ0) is 37.7. The zero-order valence-electron chi connectivity index (χ0n) is 29.2. The van der Waals surface area contributed by atoms with Crippen molar-refractivity contribution in [2.75, 3.05) is 11.1 Å². The number of anilines is 1. The van der Waals surface area contributed by atoms with Crippen LogP contribution in [0.25, 0.3) is 0 Å². The van der Waals surface area contributed by atoms with E-state index in [0.717, 1.165) is 48.1 Å². The van der Waals surface area contributed by atoms with Gasteiger partial charge in [0.15, 0.2) is 16.9 Å². The van der Waals surface area contributed by atoms with Crippen LogP contribution >= 0.6 is 34.7 Å². The van der Waals surface area contributed by atoms with Crippen LogP contribution in [0, 0.1) is 0 Å². The third-order valence-electron chi connectivity index (χ3n) is 8.51. The summed E-state index contributed by atoms with van der Waals surface area (Å²) < 4.78 is 11.5. The van der Waals surface area contributed by atoms with Gasteiger partial charge in [-0.05, 0) is 63.2 Å². The van der Waals surface area contributed by atoms with E-state index in [1.807, 2.05) is 60.7 Å². The van der Waals surface area contributed by atoms with Crippen molar-refractivity contribution in [3.63, 3.8) is 0 Å². The number of halogens is 1.